The number of para-hydroxylation sites is 2. The Kier molecular flexibility index (Phi) is 4.32. The zero-order chi connectivity index (χ0) is 22.7. The van der Waals surface area contributed by atoms with Gasteiger partial charge in [-0.25, -0.2) is 9.36 Å². The highest BCUT2D eigenvalue weighted by atomic mass is 16.1. The molecule has 3 N–H and O–H groups in total. The molecule has 2 unspecified atom stereocenters. The molecular formula is C26H24N6O. The van der Waals surface area contributed by atoms with Gasteiger partial charge in [-0.15, -0.1) is 0 Å². The summed E-state index contributed by atoms with van der Waals surface area (Å²) in [7, 11) is 1.94. The summed E-state index contributed by atoms with van der Waals surface area (Å²) in [6.07, 6.45) is 6.93. The van der Waals surface area contributed by atoms with Crippen LogP contribution in [0, 0.1) is 11.3 Å². The maximum absolute atomic E-state index is 13.2. The number of nitriles is 1. The molecule has 1 aliphatic rings. The van der Waals surface area contributed by atoms with Crippen LogP contribution in [-0.2, 0) is 7.05 Å². The van der Waals surface area contributed by atoms with Gasteiger partial charge in [-0.3, -0.25) is 0 Å². The fraction of sp³-hybridized carbons (Fsp3) is 0.231. The predicted molar refractivity (Wildman–Crippen MR) is 129 cm³/mol. The van der Waals surface area contributed by atoms with Gasteiger partial charge in [0.25, 0.3) is 0 Å². The van der Waals surface area contributed by atoms with Crippen LogP contribution in [0.15, 0.2) is 65.7 Å². The molecule has 1 fully saturated rings. The van der Waals surface area contributed by atoms with Gasteiger partial charge in [0, 0.05) is 58.9 Å². The van der Waals surface area contributed by atoms with Crippen LogP contribution in [0.2, 0.25) is 0 Å². The molecule has 0 aliphatic heterocycles. The molecule has 0 bridgehead atoms. The minimum Gasteiger partial charge on any atom is -0.348 e. The smallest absolute Gasteiger partial charge is 0.331 e. The van der Waals surface area contributed by atoms with Gasteiger partial charge in [-0.1, -0.05) is 36.4 Å². The van der Waals surface area contributed by atoms with Crippen molar-refractivity contribution >= 4 is 21.8 Å². The first kappa shape index (κ1) is 19.6. The van der Waals surface area contributed by atoms with Crippen molar-refractivity contribution in [2.24, 2.45) is 12.8 Å². The van der Waals surface area contributed by atoms with E-state index in [4.69, 9.17) is 5.73 Å². The summed E-state index contributed by atoms with van der Waals surface area (Å²) in [4.78, 5) is 16.2. The number of hydrogen-bond acceptors (Lipinski definition) is 3. The Bertz CT molecular complexity index is 1620. The van der Waals surface area contributed by atoms with Gasteiger partial charge in [0.05, 0.1) is 11.4 Å². The second-order valence-electron chi connectivity index (χ2n) is 8.94. The van der Waals surface area contributed by atoms with Crippen LogP contribution >= 0.6 is 0 Å². The third-order valence-electron chi connectivity index (χ3n) is 6.97. The van der Waals surface area contributed by atoms with E-state index in [1.165, 1.54) is 4.57 Å². The van der Waals surface area contributed by atoms with E-state index in [2.05, 4.69) is 27.9 Å². The average Bonchev–Trinajstić information content (AvgIpc) is 3.57. The average molecular weight is 437 g/mol. The van der Waals surface area contributed by atoms with Crippen LogP contribution in [-0.4, -0.2) is 24.7 Å². The lowest BCUT2D eigenvalue weighted by Crippen LogP contribution is -2.15. The highest BCUT2D eigenvalue weighted by Crippen LogP contribution is 2.38. The van der Waals surface area contributed by atoms with Gasteiger partial charge in [0.1, 0.15) is 6.07 Å². The lowest BCUT2D eigenvalue weighted by molar-refractivity contribution is 0.526. The topological polar surface area (TPSA) is 97.5 Å². The Labute approximate surface area is 190 Å². The number of hydrogen-bond donors (Lipinski definition) is 2. The van der Waals surface area contributed by atoms with Crippen molar-refractivity contribution in [3.63, 3.8) is 0 Å². The Morgan fingerprint density at radius 3 is 2.48 bits per heavy atom. The fourth-order valence-electron chi connectivity index (χ4n) is 5.41. The molecule has 7 heteroatoms. The summed E-state index contributed by atoms with van der Waals surface area (Å²) in [5.41, 5.74) is 10.4. The number of rotatable bonds is 3. The number of imidazole rings is 1. The van der Waals surface area contributed by atoms with Crippen molar-refractivity contribution in [2.75, 3.05) is 0 Å². The first-order valence-electron chi connectivity index (χ1n) is 11.2. The molecule has 6 rings (SSSR count). The fourth-order valence-corrected chi connectivity index (χ4v) is 5.41. The summed E-state index contributed by atoms with van der Waals surface area (Å²) < 4.78 is 5.74. The van der Waals surface area contributed by atoms with E-state index in [1.54, 1.807) is 0 Å². The van der Waals surface area contributed by atoms with Crippen LogP contribution in [0.5, 0.6) is 0 Å². The molecule has 2 atom stereocenters. The van der Waals surface area contributed by atoms with Gasteiger partial charge in [-0.2, -0.15) is 5.26 Å². The van der Waals surface area contributed by atoms with Gasteiger partial charge >= 0.3 is 5.69 Å². The summed E-state index contributed by atoms with van der Waals surface area (Å²) in [5, 5.41) is 12.1. The third-order valence-corrected chi connectivity index (χ3v) is 6.97. The van der Waals surface area contributed by atoms with Crippen LogP contribution in [0.4, 0.5) is 0 Å². The highest BCUT2D eigenvalue weighted by molar-refractivity contribution is 5.97. The van der Waals surface area contributed by atoms with Crippen LogP contribution in [0.3, 0.4) is 0 Å². The predicted octanol–water partition coefficient (Wildman–Crippen LogP) is 4.20. The largest absolute Gasteiger partial charge is 0.348 e. The minimum atomic E-state index is -0.322. The van der Waals surface area contributed by atoms with Crippen molar-refractivity contribution in [3.05, 3.63) is 77.1 Å². The Hall–Kier alpha value is -4.02. The van der Waals surface area contributed by atoms with E-state index in [9.17, 15) is 10.1 Å². The zero-order valence-corrected chi connectivity index (χ0v) is 18.3. The van der Waals surface area contributed by atoms with Gasteiger partial charge in [-0.05, 0) is 31.4 Å². The molecule has 0 radical (unpaired) electrons. The van der Waals surface area contributed by atoms with Crippen molar-refractivity contribution in [2.45, 2.75) is 31.3 Å². The van der Waals surface area contributed by atoms with Crippen molar-refractivity contribution in [1.82, 2.24) is 18.7 Å². The van der Waals surface area contributed by atoms with Crippen LogP contribution in [0.25, 0.3) is 38.8 Å². The molecular weight excluding hydrogens is 412 g/mol. The molecule has 5 aromatic rings. The summed E-state index contributed by atoms with van der Waals surface area (Å²) in [6, 6.07) is 18.9. The van der Waals surface area contributed by atoms with E-state index >= 15 is 0 Å². The van der Waals surface area contributed by atoms with Crippen molar-refractivity contribution in [1.29, 1.82) is 5.26 Å². The number of nitrogens with two attached hydrogens (primary N) is 1. The molecule has 0 saturated heterocycles. The second kappa shape index (κ2) is 7.26. The number of H-pyrrole nitrogens is 1. The second-order valence-corrected chi connectivity index (χ2v) is 8.94. The molecule has 3 aromatic heterocycles. The monoisotopic (exact) mass is 436 g/mol. The summed E-state index contributed by atoms with van der Waals surface area (Å²) in [6.45, 7) is 0. The van der Waals surface area contributed by atoms with Crippen LogP contribution < -0.4 is 11.4 Å². The number of nitrogens with one attached hydrogen (secondary N) is 1. The molecule has 0 spiro atoms. The first-order valence-corrected chi connectivity index (χ1v) is 11.2. The van der Waals surface area contributed by atoms with Gasteiger partial charge in [0.15, 0.2) is 5.69 Å². The molecule has 0 amide bonds. The maximum Gasteiger partial charge on any atom is 0.331 e. The normalized spacial score (nSPS) is 18.3. The van der Waals surface area contributed by atoms with E-state index in [0.717, 1.165) is 46.6 Å². The number of aromatic nitrogens is 4. The van der Waals surface area contributed by atoms with E-state index < -0.39 is 0 Å². The third kappa shape index (κ3) is 2.88. The van der Waals surface area contributed by atoms with Crippen molar-refractivity contribution in [3.8, 4) is 23.0 Å². The van der Waals surface area contributed by atoms with Crippen LogP contribution in [0.1, 0.15) is 31.0 Å². The Morgan fingerprint density at radius 1 is 1.03 bits per heavy atom. The van der Waals surface area contributed by atoms with Gasteiger partial charge in [0.2, 0.25) is 0 Å². The molecule has 3 heterocycles. The summed E-state index contributed by atoms with van der Waals surface area (Å²) >= 11 is 0. The van der Waals surface area contributed by atoms with E-state index in [1.807, 2.05) is 60.3 Å². The first-order chi connectivity index (χ1) is 16.1. The maximum atomic E-state index is 13.2. The quantitative estimate of drug-likeness (QED) is 0.443. The molecule has 7 nitrogen and oxygen atoms in total. The molecule has 1 aliphatic carbocycles. The van der Waals surface area contributed by atoms with E-state index in [0.29, 0.717) is 23.1 Å². The van der Waals surface area contributed by atoms with E-state index in [-0.39, 0.29) is 11.7 Å². The van der Waals surface area contributed by atoms with Crippen molar-refractivity contribution < 1.29 is 0 Å². The summed E-state index contributed by atoms with van der Waals surface area (Å²) in [5.74, 6) is 0. The lowest BCUT2D eigenvalue weighted by atomic mass is 10.1. The Morgan fingerprint density at radius 2 is 1.76 bits per heavy atom. The SMILES string of the molecule is Cn1cc(-n2c(C#N)c(-c3cn(C4CCC(N)C4)c4ccccc34)[nH]c2=O)c2ccccc21. The number of benzene rings is 2. The van der Waals surface area contributed by atoms with Gasteiger partial charge < -0.3 is 19.9 Å². The molecule has 164 valence electrons. The number of aromatic amines is 1. The standard InChI is InChI=1S/C26H24N6O/c1-30-15-24(19-7-3-4-8-21(19)30)32-23(13-27)25(29-26(32)33)20-14-31(17-11-10-16(28)12-17)22-9-5-2-6-18(20)22/h2-9,14-17H,10-12,28H2,1H3,(H,29,33). The number of fused-ring (bicyclic) bond motifs is 2. The molecule has 2 aromatic carbocycles. The highest BCUT2D eigenvalue weighted by Gasteiger charge is 2.27. The molecule has 33 heavy (non-hydrogen) atoms. The number of nitrogens with zero attached hydrogens (tertiary/aromatic N) is 4. The lowest BCUT2D eigenvalue weighted by Gasteiger charge is -2.13. The zero-order valence-electron chi connectivity index (χ0n) is 18.3. The minimum absolute atomic E-state index is 0.210. The molecule has 1 saturated carbocycles. The Balaban J connectivity index is 1.60. The number of aryl methyl sites for hydroxylation is 1.